The maximum atomic E-state index is 13.0. The number of thioether (sulfide) groups is 2. The van der Waals surface area contributed by atoms with Gasteiger partial charge in [0, 0.05) is 0 Å². The summed E-state index contributed by atoms with van der Waals surface area (Å²) < 4.78 is 51.9. The maximum Gasteiger partial charge on any atom is 0.219 e. The predicted octanol–water partition coefficient (Wildman–Crippen LogP) is 3.79. The highest BCUT2D eigenvalue weighted by Crippen LogP contribution is 2.38. The molecule has 0 amide bonds. The van der Waals surface area contributed by atoms with Crippen LogP contribution < -0.4 is 0 Å². The van der Waals surface area contributed by atoms with E-state index in [2.05, 4.69) is 0 Å². The van der Waals surface area contributed by atoms with E-state index in [1.165, 1.54) is 24.3 Å². The second-order valence-corrected chi connectivity index (χ2v) is 10.5. The van der Waals surface area contributed by atoms with E-state index < -0.39 is 23.9 Å². The first-order chi connectivity index (χ1) is 11.4. The van der Waals surface area contributed by atoms with E-state index in [4.69, 9.17) is 0 Å². The molecule has 0 bridgehead atoms. The molecule has 4 nitrogen and oxygen atoms in total. The van der Waals surface area contributed by atoms with E-state index in [0.29, 0.717) is 0 Å². The Hall–Kier alpha value is -1.22. The highest BCUT2D eigenvalue weighted by atomic mass is 32.3. The van der Waals surface area contributed by atoms with Crippen LogP contribution in [0.3, 0.4) is 0 Å². The summed E-state index contributed by atoms with van der Waals surface area (Å²) in [4.78, 5) is -0.0831. The lowest BCUT2D eigenvalue weighted by molar-refractivity contribution is 0.595. The molecule has 0 saturated carbocycles. The number of benzene rings is 2. The number of sulfone groups is 2. The van der Waals surface area contributed by atoms with Crippen molar-refractivity contribution in [2.24, 2.45) is 0 Å². The Kier molecular flexibility index (Phi) is 6.19. The zero-order valence-electron chi connectivity index (χ0n) is 13.0. The fourth-order valence-corrected chi connectivity index (χ4v) is 8.97. The molecule has 2 aromatic rings. The van der Waals surface area contributed by atoms with Gasteiger partial charge in [0.05, 0.1) is 14.0 Å². The monoisotopic (exact) mass is 400 g/mol. The van der Waals surface area contributed by atoms with Gasteiger partial charge in [0.1, 0.15) is 0 Å². The van der Waals surface area contributed by atoms with Crippen molar-refractivity contribution in [1.82, 2.24) is 0 Å². The lowest BCUT2D eigenvalue weighted by atomic mass is 10.4. The van der Waals surface area contributed by atoms with E-state index in [1.54, 1.807) is 48.9 Å². The SMILES string of the molecule is CSC(SC)=C(S(=O)(=O)c1ccccc1)S(=O)(=O)c1ccccc1. The first-order valence-electron chi connectivity index (χ1n) is 6.78. The molecule has 0 aromatic heterocycles. The molecular formula is C16H16O4S4. The van der Waals surface area contributed by atoms with E-state index in [-0.39, 0.29) is 14.0 Å². The summed E-state index contributed by atoms with van der Waals surface area (Å²) in [5, 5.41) is 0. The molecule has 8 heteroatoms. The zero-order valence-corrected chi connectivity index (χ0v) is 16.3. The second-order valence-electron chi connectivity index (χ2n) is 4.62. The van der Waals surface area contributed by atoms with Crippen LogP contribution in [0.4, 0.5) is 0 Å². The van der Waals surface area contributed by atoms with Crippen molar-refractivity contribution in [2.75, 3.05) is 12.5 Å². The van der Waals surface area contributed by atoms with E-state index >= 15 is 0 Å². The van der Waals surface area contributed by atoms with Crippen molar-refractivity contribution in [2.45, 2.75) is 9.79 Å². The third-order valence-corrected chi connectivity index (χ3v) is 10.3. The molecule has 0 aliphatic rings. The topological polar surface area (TPSA) is 68.3 Å². The maximum absolute atomic E-state index is 13.0. The van der Waals surface area contributed by atoms with Crippen LogP contribution in [0.25, 0.3) is 0 Å². The lowest BCUT2D eigenvalue weighted by Crippen LogP contribution is -2.16. The largest absolute Gasteiger partial charge is 0.219 e. The Morgan fingerprint density at radius 1 is 0.667 bits per heavy atom. The van der Waals surface area contributed by atoms with E-state index in [0.717, 1.165) is 23.5 Å². The molecule has 2 rings (SSSR count). The minimum Gasteiger partial charge on any atom is -0.218 e. The molecule has 0 atom stereocenters. The molecule has 0 aliphatic carbocycles. The molecule has 0 spiro atoms. The molecule has 0 unspecified atom stereocenters. The summed E-state index contributed by atoms with van der Waals surface area (Å²) in [6.45, 7) is 0. The fraction of sp³-hybridized carbons (Fsp3) is 0.125. The summed E-state index contributed by atoms with van der Waals surface area (Å²) in [5.74, 6) is 0. The summed E-state index contributed by atoms with van der Waals surface area (Å²) in [7, 11) is -8.36. The summed E-state index contributed by atoms with van der Waals surface area (Å²) in [6, 6.07) is 15.2. The van der Waals surface area contributed by atoms with Gasteiger partial charge in [0.25, 0.3) is 0 Å². The number of hydrogen-bond donors (Lipinski definition) is 0. The number of rotatable bonds is 6. The Morgan fingerprint density at radius 3 is 1.29 bits per heavy atom. The Labute approximate surface area is 151 Å². The Balaban J connectivity index is 2.81. The second kappa shape index (κ2) is 7.77. The molecule has 0 aliphatic heterocycles. The van der Waals surface area contributed by atoms with Crippen LogP contribution in [0.1, 0.15) is 0 Å². The molecule has 24 heavy (non-hydrogen) atoms. The fourth-order valence-electron chi connectivity index (χ4n) is 2.03. The van der Waals surface area contributed by atoms with Gasteiger partial charge in [0.2, 0.25) is 19.7 Å². The highest BCUT2D eigenvalue weighted by molar-refractivity contribution is 8.25. The minimum atomic E-state index is -4.18. The van der Waals surface area contributed by atoms with Crippen LogP contribution in [0.2, 0.25) is 0 Å². The molecular weight excluding hydrogens is 384 g/mol. The van der Waals surface area contributed by atoms with Crippen LogP contribution in [0.5, 0.6) is 0 Å². The standard InChI is InChI=1S/C16H16O4S4/c1-21-15(22-2)16(23(17,18)13-9-5-3-6-10-13)24(19,20)14-11-7-4-8-12-14/h3-12H,1-2H3. The molecule has 0 radical (unpaired) electrons. The van der Waals surface area contributed by atoms with E-state index in [9.17, 15) is 16.8 Å². The summed E-state index contributed by atoms with van der Waals surface area (Å²) in [5.41, 5.74) is 0. The third-order valence-electron chi connectivity index (χ3n) is 3.13. The van der Waals surface area contributed by atoms with E-state index in [1.807, 2.05) is 0 Å². The summed E-state index contributed by atoms with van der Waals surface area (Å²) in [6.07, 6.45) is 3.32. The predicted molar refractivity (Wildman–Crippen MR) is 101 cm³/mol. The van der Waals surface area contributed by atoms with Crippen LogP contribution in [-0.2, 0) is 19.7 Å². The van der Waals surface area contributed by atoms with Crippen molar-refractivity contribution < 1.29 is 16.8 Å². The van der Waals surface area contributed by atoms with Crippen molar-refractivity contribution in [3.05, 3.63) is 69.1 Å². The van der Waals surface area contributed by atoms with Gasteiger partial charge in [-0.05, 0) is 36.8 Å². The van der Waals surface area contributed by atoms with Crippen LogP contribution in [-0.4, -0.2) is 29.3 Å². The summed E-state index contributed by atoms with van der Waals surface area (Å²) >= 11 is 2.21. The van der Waals surface area contributed by atoms with Gasteiger partial charge < -0.3 is 0 Å². The van der Waals surface area contributed by atoms with Crippen LogP contribution in [0, 0.1) is 0 Å². The average Bonchev–Trinajstić information content (AvgIpc) is 2.60. The molecule has 0 heterocycles. The normalized spacial score (nSPS) is 11.9. The first kappa shape index (κ1) is 19.1. The van der Waals surface area contributed by atoms with Gasteiger partial charge in [-0.25, -0.2) is 16.8 Å². The van der Waals surface area contributed by atoms with Gasteiger partial charge in [-0.2, -0.15) is 0 Å². The smallest absolute Gasteiger partial charge is 0.218 e. The van der Waals surface area contributed by atoms with Crippen molar-refractivity contribution in [1.29, 1.82) is 0 Å². The van der Waals surface area contributed by atoms with Crippen LogP contribution in [0.15, 0.2) is 78.9 Å². The lowest BCUT2D eigenvalue weighted by Gasteiger charge is -2.14. The quantitative estimate of drug-likeness (QED) is 0.735. The van der Waals surface area contributed by atoms with Crippen molar-refractivity contribution >= 4 is 43.2 Å². The first-order valence-corrected chi connectivity index (χ1v) is 12.2. The van der Waals surface area contributed by atoms with Gasteiger partial charge in [0.15, 0.2) is 4.24 Å². The van der Waals surface area contributed by atoms with Crippen molar-refractivity contribution in [3.8, 4) is 0 Å². The number of hydrogen-bond acceptors (Lipinski definition) is 6. The minimum absolute atomic E-state index is 0.0416. The van der Waals surface area contributed by atoms with Gasteiger partial charge in [-0.1, -0.05) is 36.4 Å². The molecule has 128 valence electrons. The highest BCUT2D eigenvalue weighted by Gasteiger charge is 2.36. The molecule has 0 N–H and O–H groups in total. The van der Waals surface area contributed by atoms with Gasteiger partial charge in [-0.15, -0.1) is 23.5 Å². The molecule has 2 aromatic carbocycles. The molecule has 0 fully saturated rings. The Morgan fingerprint density at radius 2 is 1.00 bits per heavy atom. The molecule has 0 saturated heterocycles. The third kappa shape index (κ3) is 3.72. The Bertz CT molecular complexity index is 855. The van der Waals surface area contributed by atoms with Gasteiger partial charge in [-0.3, -0.25) is 0 Å². The zero-order chi connectivity index (χ0) is 17.8. The van der Waals surface area contributed by atoms with Gasteiger partial charge >= 0.3 is 0 Å². The van der Waals surface area contributed by atoms with Crippen LogP contribution >= 0.6 is 23.5 Å². The van der Waals surface area contributed by atoms with Crippen molar-refractivity contribution in [3.63, 3.8) is 0 Å². The average molecular weight is 401 g/mol.